The summed E-state index contributed by atoms with van der Waals surface area (Å²) >= 11 is 0. The molecule has 0 radical (unpaired) electrons. The molecule has 0 unspecified atom stereocenters. The van der Waals surface area contributed by atoms with Gasteiger partial charge in [0.25, 0.3) is 5.91 Å². The van der Waals surface area contributed by atoms with Crippen molar-refractivity contribution in [1.29, 1.82) is 0 Å². The summed E-state index contributed by atoms with van der Waals surface area (Å²) in [5.74, 6) is 1.16. The summed E-state index contributed by atoms with van der Waals surface area (Å²) in [5.41, 5.74) is 3.49. The number of nitrogens with zero attached hydrogens (tertiary/aromatic N) is 3. The van der Waals surface area contributed by atoms with Gasteiger partial charge in [-0.1, -0.05) is 55.5 Å². The number of carbonyl (C=O) groups excluding carboxylic acids is 1. The van der Waals surface area contributed by atoms with E-state index in [9.17, 15) is 4.79 Å². The number of aromatic nitrogens is 2. The first-order valence-corrected chi connectivity index (χ1v) is 9.34. The van der Waals surface area contributed by atoms with Crippen molar-refractivity contribution in [3.8, 4) is 11.4 Å². The zero-order valence-corrected chi connectivity index (χ0v) is 15.4. The lowest BCUT2D eigenvalue weighted by atomic mass is 10.2. The van der Waals surface area contributed by atoms with E-state index in [0.717, 1.165) is 30.6 Å². The number of fused-ring (bicyclic) bond motifs is 1. The van der Waals surface area contributed by atoms with Crippen LogP contribution >= 0.6 is 0 Å². The molecular formula is C22H22N4O. The minimum atomic E-state index is -0.0842. The second-order valence-electron chi connectivity index (χ2n) is 6.59. The number of amides is 1. The van der Waals surface area contributed by atoms with E-state index in [1.807, 2.05) is 53.4 Å². The van der Waals surface area contributed by atoms with Gasteiger partial charge in [0.2, 0.25) is 0 Å². The van der Waals surface area contributed by atoms with Crippen LogP contribution < -0.4 is 10.2 Å². The molecule has 5 heteroatoms. The first kappa shape index (κ1) is 17.2. The van der Waals surface area contributed by atoms with E-state index >= 15 is 0 Å². The molecule has 0 saturated carbocycles. The van der Waals surface area contributed by atoms with Crippen molar-refractivity contribution in [2.75, 3.05) is 23.3 Å². The van der Waals surface area contributed by atoms with E-state index in [4.69, 9.17) is 0 Å². The van der Waals surface area contributed by atoms with Crippen LogP contribution in [-0.4, -0.2) is 29.0 Å². The highest BCUT2D eigenvalue weighted by Gasteiger charge is 2.26. The molecule has 1 amide bonds. The third-order valence-electron chi connectivity index (χ3n) is 4.67. The van der Waals surface area contributed by atoms with Gasteiger partial charge < -0.3 is 10.2 Å². The summed E-state index contributed by atoms with van der Waals surface area (Å²) in [6, 6.07) is 19.6. The van der Waals surface area contributed by atoms with Crippen molar-refractivity contribution in [2.24, 2.45) is 0 Å². The molecule has 2 aromatic carbocycles. The van der Waals surface area contributed by atoms with Gasteiger partial charge in [0.05, 0.1) is 0 Å². The summed E-state index contributed by atoms with van der Waals surface area (Å²) in [5, 5.41) is 3.29. The summed E-state index contributed by atoms with van der Waals surface area (Å²) in [6.07, 6.45) is 1.85. The Balaban J connectivity index is 1.72. The zero-order valence-electron chi connectivity index (χ0n) is 15.4. The Labute approximate surface area is 159 Å². The van der Waals surface area contributed by atoms with Crippen molar-refractivity contribution in [2.45, 2.75) is 19.8 Å². The first-order valence-electron chi connectivity index (χ1n) is 9.34. The molecule has 1 aliphatic rings. The number of nitrogens with one attached hydrogen (secondary N) is 1. The fourth-order valence-corrected chi connectivity index (χ4v) is 3.30. The molecule has 4 rings (SSSR count). The van der Waals surface area contributed by atoms with Crippen molar-refractivity contribution >= 4 is 17.4 Å². The second kappa shape index (κ2) is 7.58. The summed E-state index contributed by atoms with van der Waals surface area (Å²) in [7, 11) is 0. The number of hydrogen-bond donors (Lipinski definition) is 1. The van der Waals surface area contributed by atoms with Gasteiger partial charge in [-0.2, -0.15) is 0 Å². The lowest BCUT2D eigenvalue weighted by Crippen LogP contribution is -2.30. The average Bonchev–Trinajstić information content (AvgIpc) is 3.16. The Hall–Kier alpha value is -3.21. The zero-order chi connectivity index (χ0) is 18.6. The highest BCUT2D eigenvalue weighted by Crippen LogP contribution is 2.29. The minimum Gasteiger partial charge on any atom is -0.370 e. The smallest absolute Gasteiger partial charge is 0.277 e. The molecule has 0 saturated heterocycles. The predicted molar refractivity (Wildman–Crippen MR) is 108 cm³/mol. The molecule has 136 valence electrons. The third kappa shape index (κ3) is 3.53. The summed E-state index contributed by atoms with van der Waals surface area (Å²) in [4.78, 5) is 24.2. The molecule has 0 bridgehead atoms. The molecule has 3 aromatic rings. The van der Waals surface area contributed by atoms with Gasteiger partial charge in [-0.25, -0.2) is 9.97 Å². The molecule has 1 N–H and O–H groups in total. The van der Waals surface area contributed by atoms with Crippen molar-refractivity contribution in [3.63, 3.8) is 0 Å². The maximum Gasteiger partial charge on any atom is 0.277 e. The number of rotatable bonds is 5. The number of carbonyl (C=O) groups is 1. The van der Waals surface area contributed by atoms with Crippen LogP contribution in [0.25, 0.3) is 11.4 Å². The van der Waals surface area contributed by atoms with E-state index in [1.54, 1.807) is 6.07 Å². The lowest BCUT2D eigenvalue weighted by Gasteiger charge is -2.18. The highest BCUT2D eigenvalue weighted by molar-refractivity contribution is 6.06. The Kier molecular flexibility index (Phi) is 4.83. The Bertz CT molecular complexity index is 956. The van der Waals surface area contributed by atoms with E-state index in [2.05, 4.69) is 28.3 Å². The van der Waals surface area contributed by atoms with Crippen molar-refractivity contribution in [1.82, 2.24) is 9.97 Å². The van der Waals surface area contributed by atoms with Crippen LogP contribution in [0.3, 0.4) is 0 Å². The maximum absolute atomic E-state index is 13.2. The largest absolute Gasteiger partial charge is 0.370 e. The number of para-hydroxylation sites is 1. The van der Waals surface area contributed by atoms with E-state index in [1.165, 1.54) is 5.56 Å². The average molecular weight is 358 g/mol. The normalized spacial score (nSPS) is 12.7. The number of benzene rings is 2. The molecule has 0 spiro atoms. The number of hydrogen-bond acceptors (Lipinski definition) is 4. The van der Waals surface area contributed by atoms with Crippen LogP contribution in [0.4, 0.5) is 11.5 Å². The highest BCUT2D eigenvalue weighted by atomic mass is 16.2. The molecule has 1 aromatic heterocycles. The van der Waals surface area contributed by atoms with Crippen LogP contribution in [-0.2, 0) is 6.42 Å². The quantitative estimate of drug-likeness (QED) is 0.744. The minimum absolute atomic E-state index is 0.0842. The van der Waals surface area contributed by atoms with E-state index < -0.39 is 0 Å². The summed E-state index contributed by atoms with van der Waals surface area (Å²) < 4.78 is 0. The number of anilines is 2. The van der Waals surface area contributed by atoms with E-state index in [0.29, 0.717) is 23.9 Å². The Morgan fingerprint density at radius 3 is 2.67 bits per heavy atom. The first-order chi connectivity index (χ1) is 13.3. The molecule has 0 fully saturated rings. The van der Waals surface area contributed by atoms with Gasteiger partial charge in [0.15, 0.2) is 5.82 Å². The van der Waals surface area contributed by atoms with Crippen LogP contribution in [0.5, 0.6) is 0 Å². The second-order valence-corrected chi connectivity index (χ2v) is 6.59. The molecule has 0 atom stereocenters. The van der Waals surface area contributed by atoms with Crippen LogP contribution in [0.1, 0.15) is 29.4 Å². The third-order valence-corrected chi connectivity index (χ3v) is 4.67. The van der Waals surface area contributed by atoms with Gasteiger partial charge >= 0.3 is 0 Å². The van der Waals surface area contributed by atoms with Gasteiger partial charge in [-0.15, -0.1) is 0 Å². The van der Waals surface area contributed by atoms with Gasteiger partial charge in [0.1, 0.15) is 11.5 Å². The molecular weight excluding hydrogens is 336 g/mol. The monoisotopic (exact) mass is 358 g/mol. The molecule has 27 heavy (non-hydrogen) atoms. The fourth-order valence-electron chi connectivity index (χ4n) is 3.30. The van der Waals surface area contributed by atoms with Crippen molar-refractivity contribution in [3.05, 3.63) is 71.9 Å². The fraction of sp³-hybridized carbons (Fsp3) is 0.227. The SMILES string of the molecule is CCCNc1cc(C(=O)N2CCc3ccccc32)nc(-c2ccccc2)n1. The topological polar surface area (TPSA) is 58.1 Å². The van der Waals surface area contributed by atoms with Crippen molar-refractivity contribution < 1.29 is 4.79 Å². The maximum atomic E-state index is 13.2. The molecule has 0 aliphatic carbocycles. The van der Waals surface area contributed by atoms with Crippen LogP contribution in [0.2, 0.25) is 0 Å². The molecule has 2 heterocycles. The van der Waals surface area contributed by atoms with Crippen LogP contribution in [0.15, 0.2) is 60.7 Å². The standard InChI is InChI=1S/C22H22N4O/c1-2-13-23-20-15-18(24-21(25-20)17-9-4-3-5-10-17)22(27)26-14-12-16-8-6-7-11-19(16)26/h3-11,15H,2,12-14H2,1H3,(H,23,24,25). The lowest BCUT2D eigenvalue weighted by molar-refractivity contribution is 0.0984. The van der Waals surface area contributed by atoms with Gasteiger partial charge in [-0.05, 0) is 24.5 Å². The summed E-state index contributed by atoms with van der Waals surface area (Å²) in [6.45, 7) is 3.57. The van der Waals surface area contributed by atoms with Crippen LogP contribution in [0, 0.1) is 0 Å². The van der Waals surface area contributed by atoms with Gasteiger partial charge in [0, 0.05) is 30.4 Å². The Morgan fingerprint density at radius 2 is 1.85 bits per heavy atom. The molecule has 1 aliphatic heterocycles. The Morgan fingerprint density at radius 1 is 1.07 bits per heavy atom. The predicted octanol–water partition coefficient (Wildman–Crippen LogP) is 4.17. The van der Waals surface area contributed by atoms with E-state index in [-0.39, 0.29) is 5.91 Å². The van der Waals surface area contributed by atoms with Gasteiger partial charge in [-0.3, -0.25) is 4.79 Å². The molecule has 5 nitrogen and oxygen atoms in total.